The van der Waals surface area contributed by atoms with Gasteiger partial charge >= 0.3 is 18.3 Å². The van der Waals surface area contributed by atoms with Gasteiger partial charge in [0.1, 0.15) is 0 Å². The molecule has 10 heteroatoms. The minimum Gasteiger partial charge on any atom is -0.448 e. The summed E-state index contributed by atoms with van der Waals surface area (Å²) < 4.78 is 83.8. The van der Waals surface area contributed by atoms with Crippen LogP contribution in [0.3, 0.4) is 0 Å². The van der Waals surface area contributed by atoms with Crippen LogP contribution in [0.2, 0.25) is 0 Å². The monoisotopic (exact) mass is 425 g/mol. The fraction of sp³-hybridized carbons (Fsp3) is 0.579. The van der Waals surface area contributed by atoms with Crippen molar-refractivity contribution in [3.05, 3.63) is 35.4 Å². The third-order valence-corrected chi connectivity index (χ3v) is 4.68. The number of benzene rings is 1. The highest BCUT2D eigenvalue weighted by Gasteiger charge is 2.48. The van der Waals surface area contributed by atoms with E-state index < -0.39 is 48.0 Å². The van der Waals surface area contributed by atoms with E-state index in [1.165, 1.54) is 6.92 Å². The maximum absolute atomic E-state index is 13.4. The number of ether oxygens (including phenoxy) is 1. The highest BCUT2D eigenvalue weighted by molar-refractivity contribution is 5.80. The predicted molar refractivity (Wildman–Crippen MR) is 90.5 cm³/mol. The van der Waals surface area contributed by atoms with Gasteiger partial charge in [0, 0.05) is 17.5 Å². The molecule has 1 aromatic carbocycles. The maximum Gasteiger partial charge on any atom is 0.429 e. The number of nitrogens with one attached hydrogen (secondary N) is 1. The molecule has 162 valence electrons. The number of amides is 1. The minimum absolute atomic E-state index is 0.199. The zero-order valence-corrected chi connectivity index (χ0v) is 15.6. The average molecular weight is 425 g/mol. The van der Waals surface area contributed by atoms with Crippen LogP contribution in [0.25, 0.3) is 0 Å². The van der Waals surface area contributed by atoms with E-state index in [-0.39, 0.29) is 11.8 Å². The minimum atomic E-state index is -5.24. The smallest absolute Gasteiger partial charge is 0.429 e. The number of hydrogen-bond acceptors (Lipinski definition) is 3. The second kappa shape index (κ2) is 9.04. The van der Waals surface area contributed by atoms with Gasteiger partial charge in [0.15, 0.2) is 0 Å². The first-order chi connectivity index (χ1) is 13.4. The summed E-state index contributed by atoms with van der Waals surface area (Å²) in [5.41, 5.74) is -2.72. The van der Waals surface area contributed by atoms with Crippen LogP contribution in [0, 0.1) is 5.92 Å². The number of halogens is 6. The lowest BCUT2D eigenvalue weighted by Crippen LogP contribution is -2.38. The van der Waals surface area contributed by atoms with Gasteiger partial charge in [-0.25, -0.2) is 0 Å². The van der Waals surface area contributed by atoms with Crippen LogP contribution in [0.15, 0.2) is 24.3 Å². The summed E-state index contributed by atoms with van der Waals surface area (Å²) in [6.07, 6.45) is -10.7. The lowest BCUT2D eigenvalue weighted by molar-refractivity contribution is -0.226. The van der Waals surface area contributed by atoms with Gasteiger partial charge in [0.05, 0.1) is 12.0 Å². The molecule has 1 aromatic rings. The summed E-state index contributed by atoms with van der Waals surface area (Å²) in [6, 6.07) is 2.25. The van der Waals surface area contributed by atoms with Crippen molar-refractivity contribution in [2.45, 2.75) is 63.5 Å². The molecule has 0 aliphatic heterocycles. The third kappa shape index (κ3) is 6.37. The van der Waals surface area contributed by atoms with Crippen molar-refractivity contribution >= 4 is 11.9 Å². The van der Waals surface area contributed by atoms with E-state index in [4.69, 9.17) is 0 Å². The molecule has 0 heterocycles. The maximum atomic E-state index is 13.4. The largest absolute Gasteiger partial charge is 0.448 e. The molecule has 0 radical (unpaired) electrons. The molecule has 2 atom stereocenters. The van der Waals surface area contributed by atoms with E-state index in [9.17, 15) is 35.9 Å². The van der Waals surface area contributed by atoms with E-state index >= 15 is 0 Å². The van der Waals surface area contributed by atoms with E-state index in [2.05, 4.69) is 10.1 Å². The van der Waals surface area contributed by atoms with Gasteiger partial charge in [0.25, 0.3) is 0 Å². The molecule has 1 saturated carbocycles. The molecule has 1 fully saturated rings. The van der Waals surface area contributed by atoms with Crippen LogP contribution in [-0.2, 0) is 20.5 Å². The van der Waals surface area contributed by atoms with Crippen LogP contribution in [-0.4, -0.2) is 24.1 Å². The second-order valence-corrected chi connectivity index (χ2v) is 7.09. The zero-order valence-electron chi connectivity index (χ0n) is 15.6. The van der Waals surface area contributed by atoms with Gasteiger partial charge in [-0.05, 0) is 25.8 Å². The summed E-state index contributed by atoms with van der Waals surface area (Å²) in [5.74, 6) is -1.85. The van der Waals surface area contributed by atoms with Crippen LogP contribution < -0.4 is 5.32 Å². The number of rotatable bonds is 6. The molecular weight excluding hydrogens is 404 g/mol. The Balaban J connectivity index is 2.09. The van der Waals surface area contributed by atoms with Gasteiger partial charge in [-0.2, -0.15) is 26.3 Å². The highest BCUT2D eigenvalue weighted by atomic mass is 19.4. The molecule has 1 aliphatic rings. The van der Waals surface area contributed by atoms with Crippen molar-refractivity contribution in [2.75, 3.05) is 0 Å². The first-order valence-corrected chi connectivity index (χ1v) is 9.12. The van der Waals surface area contributed by atoms with Crippen molar-refractivity contribution in [1.29, 1.82) is 0 Å². The van der Waals surface area contributed by atoms with Gasteiger partial charge in [-0.1, -0.05) is 31.0 Å². The van der Waals surface area contributed by atoms with Gasteiger partial charge in [0.2, 0.25) is 12.0 Å². The molecule has 29 heavy (non-hydrogen) atoms. The van der Waals surface area contributed by atoms with Crippen LogP contribution in [0.1, 0.15) is 56.3 Å². The van der Waals surface area contributed by atoms with Gasteiger partial charge in [-0.15, -0.1) is 0 Å². The van der Waals surface area contributed by atoms with Crippen molar-refractivity contribution in [1.82, 2.24) is 5.32 Å². The molecule has 0 unspecified atom stereocenters. The predicted octanol–water partition coefficient (Wildman–Crippen LogP) is 4.94. The Morgan fingerprint density at radius 1 is 1.10 bits per heavy atom. The molecular formula is C19H21F6NO3. The summed E-state index contributed by atoms with van der Waals surface area (Å²) in [5, 5.41) is 2.54. The van der Waals surface area contributed by atoms with Crippen molar-refractivity contribution in [3.8, 4) is 0 Å². The highest BCUT2D eigenvalue weighted by Crippen LogP contribution is 2.42. The molecule has 0 saturated heterocycles. The zero-order chi connectivity index (χ0) is 21.8. The normalized spacial score (nSPS) is 17.6. The molecule has 4 nitrogen and oxygen atoms in total. The Kier molecular flexibility index (Phi) is 7.18. The van der Waals surface area contributed by atoms with Crippen molar-refractivity contribution in [3.63, 3.8) is 0 Å². The number of esters is 1. The first kappa shape index (κ1) is 23.0. The Hall–Kier alpha value is -2.26. The van der Waals surface area contributed by atoms with E-state index in [0.29, 0.717) is 25.0 Å². The molecule has 1 N–H and O–H groups in total. The third-order valence-electron chi connectivity index (χ3n) is 4.68. The Bertz CT molecular complexity index is 725. The second-order valence-electron chi connectivity index (χ2n) is 7.09. The molecule has 0 bridgehead atoms. The van der Waals surface area contributed by atoms with E-state index in [1.807, 2.05) is 0 Å². The summed E-state index contributed by atoms with van der Waals surface area (Å²) in [7, 11) is 0. The van der Waals surface area contributed by atoms with E-state index in [0.717, 1.165) is 25.0 Å². The Morgan fingerprint density at radius 3 is 2.24 bits per heavy atom. The topological polar surface area (TPSA) is 55.4 Å². The number of carbonyl (C=O) groups excluding carboxylic acids is 2. The van der Waals surface area contributed by atoms with Crippen LogP contribution in [0.5, 0.6) is 0 Å². The number of hydrogen-bond donors (Lipinski definition) is 1. The fourth-order valence-corrected chi connectivity index (χ4v) is 3.32. The Labute approximate surface area is 163 Å². The number of carbonyl (C=O) groups is 2. The summed E-state index contributed by atoms with van der Waals surface area (Å²) in [6.45, 7) is 1.42. The van der Waals surface area contributed by atoms with Crippen LogP contribution in [0.4, 0.5) is 26.3 Å². The standard InChI is InChI=1S/C19H21F6NO3/c1-11(26-17(28)12-6-2-3-7-12)10-15(27)29-16(19(23,24)25)13-8-4-5-9-14(13)18(20,21)22/h4-5,8-9,11-12,16H,2-3,6-7,10H2,1H3,(H,26,28)/t11-,16-/m0/s1. The quantitative estimate of drug-likeness (QED) is 0.519. The fourth-order valence-electron chi connectivity index (χ4n) is 3.32. The molecule has 1 amide bonds. The molecule has 0 spiro atoms. The van der Waals surface area contributed by atoms with Crippen LogP contribution >= 0.6 is 0 Å². The lowest BCUT2D eigenvalue weighted by Gasteiger charge is -2.25. The first-order valence-electron chi connectivity index (χ1n) is 9.12. The summed E-state index contributed by atoms with van der Waals surface area (Å²) >= 11 is 0. The van der Waals surface area contributed by atoms with Gasteiger partial charge < -0.3 is 10.1 Å². The molecule has 1 aliphatic carbocycles. The SMILES string of the molecule is C[C@@H](CC(=O)O[C@@H](c1ccccc1C(F)(F)F)C(F)(F)F)NC(=O)C1CCCC1. The van der Waals surface area contributed by atoms with Crippen molar-refractivity contribution < 1.29 is 40.7 Å². The summed E-state index contributed by atoms with van der Waals surface area (Å²) in [4.78, 5) is 24.0. The average Bonchev–Trinajstić information content (AvgIpc) is 3.12. The number of alkyl halides is 6. The lowest BCUT2D eigenvalue weighted by atomic mass is 10.0. The van der Waals surface area contributed by atoms with E-state index in [1.54, 1.807) is 0 Å². The Morgan fingerprint density at radius 2 is 1.69 bits per heavy atom. The molecule has 0 aromatic heterocycles. The van der Waals surface area contributed by atoms with Crippen molar-refractivity contribution in [2.24, 2.45) is 5.92 Å². The van der Waals surface area contributed by atoms with Gasteiger partial charge in [-0.3, -0.25) is 9.59 Å². The molecule has 2 rings (SSSR count).